The normalized spacial score (nSPS) is 37.6. The van der Waals surface area contributed by atoms with Crippen molar-refractivity contribution in [3.63, 3.8) is 0 Å². The van der Waals surface area contributed by atoms with Gasteiger partial charge in [0, 0.05) is 6.61 Å². The summed E-state index contributed by atoms with van der Waals surface area (Å²) in [6, 6.07) is 1.04. The van der Waals surface area contributed by atoms with Gasteiger partial charge in [0.25, 0.3) is 0 Å². The Morgan fingerprint density at radius 2 is 1.82 bits per heavy atom. The SMILES string of the molecule is CCO[SiH2]CCC(O)CO[C@H]1CC[C@@]2(C)C(=CC=C3[C@@H]4CC[C@H]([C@H](C)/C=C/[C@@H](C)C(C)C)[C@@]4(C)CC[C@@H]32)C1. The van der Waals surface area contributed by atoms with Gasteiger partial charge in [0.15, 0.2) is 9.76 Å². The first-order chi connectivity index (χ1) is 18.1. The second-order valence-electron chi connectivity index (χ2n) is 14.1. The van der Waals surface area contributed by atoms with Crippen molar-refractivity contribution in [3.8, 4) is 0 Å². The minimum Gasteiger partial charge on any atom is -0.424 e. The van der Waals surface area contributed by atoms with Crippen molar-refractivity contribution in [2.45, 2.75) is 118 Å². The van der Waals surface area contributed by atoms with Crippen LogP contribution in [-0.2, 0) is 9.16 Å². The van der Waals surface area contributed by atoms with Gasteiger partial charge in [0.1, 0.15) is 0 Å². The number of aliphatic hydroxyl groups is 1. The van der Waals surface area contributed by atoms with Gasteiger partial charge in [-0.15, -0.1) is 0 Å². The minimum absolute atomic E-state index is 0.258. The van der Waals surface area contributed by atoms with Crippen molar-refractivity contribution >= 4 is 9.76 Å². The molecule has 0 bridgehead atoms. The van der Waals surface area contributed by atoms with Gasteiger partial charge >= 0.3 is 0 Å². The van der Waals surface area contributed by atoms with Gasteiger partial charge in [-0.25, -0.2) is 0 Å². The lowest BCUT2D eigenvalue weighted by atomic mass is 9.50. The molecule has 0 heterocycles. The first kappa shape index (κ1) is 30.3. The van der Waals surface area contributed by atoms with Gasteiger partial charge in [0.05, 0.1) is 18.8 Å². The average molecular weight is 543 g/mol. The Bertz CT molecular complexity index is 877. The number of hydrogen-bond acceptors (Lipinski definition) is 3. The predicted octanol–water partition coefficient (Wildman–Crippen LogP) is 7.64. The molecule has 3 saturated carbocycles. The van der Waals surface area contributed by atoms with Crippen LogP contribution in [0.5, 0.6) is 0 Å². The lowest BCUT2D eigenvalue weighted by molar-refractivity contribution is -0.0349. The molecule has 0 aromatic rings. The zero-order valence-electron chi connectivity index (χ0n) is 25.7. The molecule has 1 unspecified atom stereocenters. The molecule has 9 atom stereocenters. The number of rotatable bonds is 12. The summed E-state index contributed by atoms with van der Waals surface area (Å²) in [7, 11) is -0.467. The number of fused-ring (bicyclic) bond motifs is 5. The highest BCUT2D eigenvalue weighted by Crippen LogP contribution is 2.66. The number of ether oxygens (including phenoxy) is 1. The van der Waals surface area contributed by atoms with Crippen LogP contribution in [0.3, 0.4) is 0 Å². The molecule has 1 N–H and O–H groups in total. The maximum absolute atomic E-state index is 10.4. The zero-order chi connectivity index (χ0) is 27.5. The predicted molar refractivity (Wildman–Crippen MR) is 163 cm³/mol. The van der Waals surface area contributed by atoms with Crippen LogP contribution in [0.15, 0.2) is 35.5 Å². The molecule has 4 heteroatoms. The highest BCUT2D eigenvalue weighted by Gasteiger charge is 2.56. The maximum atomic E-state index is 10.4. The Morgan fingerprint density at radius 3 is 2.55 bits per heavy atom. The highest BCUT2D eigenvalue weighted by atomic mass is 28.2. The molecule has 216 valence electrons. The molecule has 4 aliphatic rings. The monoisotopic (exact) mass is 542 g/mol. The van der Waals surface area contributed by atoms with Crippen LogP contribution in [0.4, 0.5) is 0 Å². The highest BCUT2D eigenvalue weighted by molar-refractivity contribution is 6.26. The zero-order valence-corrected chi connectivity index (χ0v) is 27.1. The molecule has 3 fully saturated rings. The van der Waals surface area contributed by atoms with Gasteiger partial charge in [-0.1, -0.05) is 77.0 Å². The van der Waals surface area contributed by atoms with E-state index in [0.29, 0.717) is 41.1 Å². The standard InChI is InChI=1S/C34H58O3Si/c1-8-37-38-20-17-27(35)22-36-28-15-18-33(6)26(21-28)11-12-29-31-14-13-30(34(31,7)19-16-32(29)33)25(5)10-9-24(4)23(2)3/h9-12,23-25,27-28,30-32,35H,8,13-22,38H2,1-7H3/b10-9+/t24-,25-,27?,28+,30-,31+,32+,33+,34-/m1/s1. The summed E-state index contributed by atoms with van der Waals surface area (Å²) < 4.78 is 11.8. The molecule has 4 rings (SSSR count). The molecular weight excluding hydrogens is 484 g/mol. The summed E-state index contributed by atoms with van der Waals surface area (Å²) in [5.41, 5.74) is 4.13. The molecule has 0 aromatic heterocycles. The van der Waals surface area contributed by atoms with Crippen LogP contribution in [-0.4, -0.2) is 40.3 Å². The van der Waals surface area contributed by atoms with E-state index in [2.05, 4.69) is 65.8 Å². The second kappa shape index (κ2) is 12.9. The lowest BCUT2D eigenvalue weighted by Crippen LogP contribution is -2.46. The summed E-state index contributed by atoms with van der Waals surface area (Å²) in [6.07, 6.45) is 19.7. The Balaban J connectivity index is 1.39. The van der Waals surface area contributed by atoms with Gasteiger partial charge < -0.3 is 14.3 Å². The smallest absolute Gasteiger partial charge is 0.161 e. The fourth-order valence-corrected chi connectivity index (χ4v) is 9.75. The Kier molecular flexibility index (Phi) is 10.3. The Hall–Kier alpha value is -0.683. The second-order valence-corrected chi connectivity index (χ2v) is 15.7. The van der Waals surface area contributed by atoms with Crippen LogP contribution < -0.4 is 0 Å². The lowest BCUT2D eigenvalue weighted by Gasteiger charge is -2.55. The van der Waals surface area contributed by atoms with E-state index >= 15 is 0 Å². The van der Waals surface area contributed by atoms with Crippen molar-refractivity contribution in [1.29, 1.82) is 0 Å². The van der Waals surface area contributed by atoms with Gasteiger partial charge in [0.2, 0.25) is 0 Å². The van der Waals surface area contributed by atoms with E-state index in [1.165, 1.54) is 32.1 Å². The van der Waals surface area contributed by atoms with E-state index < -0.39 is 9.76 Å². The summed E-state index contributed by atoms with van der Waals surface area (Å²) in [5, 5.41) is 10.4. The maximum Gasteiger partial charge on any atom is 0.161 e. The van der Waals surface area contributed by atoms with E-state index in [4.69, 9.17) is 9.16 Å². The Labute approximate surface area is 236 Å². The molecule has 0 aromatic carbocycles. The van der Waals surface area contributed by atoms with Gasteiger partial charge in [-0.3, -0.25) is 0 Å². The van der Waals surface area contributed by atoms with Crippen molar-refractivity contribution in [2.24, 2.45) is 46.3 Å². The summed E-state index contributed by atoms with van der Waals surface area (Å²) in [4.78, 5) is 0. The molecule has 3 nitrogen and oxygen atoms in total. The van der Waals surface area contributed by atoms with Crippen LogP contribution in [0.25, 0.3) is 0 Å². The molecule has 0 saturated heterocycles. The first-order valence-corrected chi connectivity index (χ1v) is 17.6. The summed E-state index contributed by atoms with van der Waals surface area (Å²) in [5.74, 6) is 4.30. The molecule has 0 spiro atoms. The number of hydrogen-bond donors (Lipinski definition) is 1. The number of allylic oxidation sites excluding steroid dienone is 5. The summed E-state index contributed by atoms with van der Waals surface area (Å²) in [6.45, 7) is 18.1. The van der Waals surface area contributed by atoms with Crippen molar-refractivity contribution < 1.29 is 14.3 Å². The third kappa shape index (κ3) is 6.29. The fraction of sp³-hybridized carbons (Fsp3) is 0.824. The third-order valence-electron chi connectivity index (χ3n) is 11.6. The van der Waals surface area contributed by atoms with E-state index in [-0.39, 0.29) is 12.2 Å². The van der Waals surface area contributed by atoms with Gasteiger partial charge in [-0.05, 0) is 111 Å². The molecule has 4 aliphatic carbocycles. The molecule has 0 radical (unpaired) electrons. The summed E-state index contributed by atoms with van der Waals surface area (Å²) >= 11 is 0. The van der Waals surface area contributed by atoms with Gasteiger partial charge in [-0.2, -0.15) is 0 Å². The number of aliphatic hydroxyl groups excluding tert-OH is 1. The fourth-order valence-electron chi connectivity index (χ4n) is 8.62. The topological polar surface area (TPSA) is 38.7 Å². The molecular formula is C34H58O3Si. The Morgan fingerprint density at radius 1 is 1.03 bits per heavy atom. The van der Waals surface area contributed by atoms with Crippen molar-refractivity contribution in [1.82, 2.24) is 0 Å². The van der Waals surface area contributed by atoms with Crippen LogP contribution in [0.1, 0.15) is 99.8 Å². The van der Waals surface area contributed by atoms with Crippen LogP contribution in [0, 0.1) is 46.3 Å². The molecule has 38 heavy (non-hydrogen) atoms. The van der Waals surface area contributed by atoms with Crippen LogP contribution in [0.2, 0.25) is 6.04 Å². The molecule has 0 amide bonds. The first-order valence-electron chi connectivity index (χ1n) is 16.1. The largest absolute Gasteiger partial charge is 0.424 e. The quantitative estimate of drug-likeness (QED) is 0.156. The van der Waals surface area contributed by atoms with Crippen LogP contribution >= 0.6 is 0 Å². The minimum atomic E-state index is -0.467. The average Bonchev–Trinajstić information content (AvgIpc) is 3.25. The van der Waals surface area contributed by atoms with E-state index in [0.717, 1.165) is 43.7 Å². The van der Waals surface area contributed by atoms with Crippen molar-refractivity contribution in [2.75, 3.05) is 13.2 Å². The van der Waals surface area contributed by atoms with E-state index in [1.807, 2.05) is 6.92 Å². The van der Waals surface area contributed by atoms with E-state index in [1.54, 1.807) is 11.1 Å². The van der Waals surface area contributed by atoms with Crippen molar-refractivity contribution in [3.05, 3.63) is 35.5 Å². The van der Waals surface area contributed by atoms with E-state index in [9.17, 15) is 5.11 Å². The third-order valence-corrected chi connectivity index (χ3v) is 13.0. The molecule has 0 aliphatic heterocycles.